The zero-order valence-corrected chi connectivity index (χ0v) is 18.2. The predicted molar refractivity (Wildman–Crippen MR) is 121 cm³/mol. The summed E-state index contributed by atoms with van der Waals surface area (Å²) < 4.78 is 21.5. The van der Waals surface area contributed by atoms with Crippen molar-refractivity contribution in [1.82, 2.24) is 19.5 Å². The minimum Gasteiger partial charge on any atom is -0.438 e. The Kier molecular flexibility index (Phi) is 6.07. The highest BCUT2D eigenvalue weighted by Crippen LogP contribution is 2.30. The number of likely N-dealkylation sites (N-methyl/N-ethyl adjacent to an activating group) is 1. The summed E-state index contributed by atoms with van der Waals surface area (Å²) in [5, 5.41) is 9.58. The highest BCUT2D eigenvalue weighted by atomic mass is 19.1. The lowest BCUT2D eigenvalue weighted by molar-refractivity contribution is -0.117. The normalized spacial score (nSPS) is 13.2. The van der Waals surface area contributed by atoms with Gasteiger partial charge in [-0.15, -0.1) is 5.10 Å². The molecule has 1 aliphatic rings. The van der Waals surface area contributed by atoms with Crippen molar-refractivity contribution < 1.29 is 18.7 Å². The third-order valence-corrected chi connectivity index (χ3v) is 4.96. The lowest BCUT2D eigenvalue weighted by atomic mass is 10.2. The van der Waals surface area contributed by atoms with Crippen LogP contribution in [-0.2, 0) is 9.59 Å². The van der Waals surface area contributed by atoms with E-state index in [1.807, 2.05) is 6.92 Å². The van der Waals surface area contributed by atoms with Crippen LogP contribution in [0.3, 0.4) is 0 Å². The smallest absolute Gasteiger partial charge is 0.271 e. The molecule has 1 aliphatic carbocycles. The number of aromatic nitrogens is 3. The van der Waals surface area contributed by atoms with Gasteiger partial charge in [0.05, 0.1) is 17.6 Å². The second-order valence-electron chi connectivity index (χ2n) is 7.60. The summed E-state index contributed by atoms with van der Waals surface area (Å²) in [6.07, 6.45) is 6.80. The first-order valence-electron chi connectivity index (χ1n) is 10.3. The Morgan fingerprint density at radius 2 is 2.06 bits per heavy atom. The summed E-state index contributed by atoms with van der Waals surface area (Å²) in [6, 6.07) is 7.25. The van der Waals surface area contributed by atoms with Gasteiger partial charge in [-0.1, -0.05) is 12.7 Å². The van der Waals surface area contributed by atoms with E-state index in [1.165, 1.54) is 27.6 Å². The number of nitrogens with zero attached hydrogens (tertiary/aromatic N) is 4. The van der Waals surface area contributed by atoms with Crippen molar-refractivity contribution in [3.63, 3.8) is 0 Å². The highest BCUT2D eigenvalue weighted by molar-refractivity contribution is 6.03. The maximum absolute atomic E-state index is 14.3. The Bertz CT molecular complexity index is 1260. The molecule has 0 saturated heterocycles. The van der Waals surface area contributed by atoms with E-state index >= 15 is 0 Å². The van der Waals surface area contributed by atoms with Crippen molar-refractivity contribution in [3.8, 4) is 11.6 Å². The molecular formula is C23H23FN6O3. The van der Waals surface area contributed by atoms with E-state index in [9.17, 15) is 14.0 Å². The Balaban J connectivity index is 1.47. The second kappa shape index (κ2) is 9.11. The molecule has 0 aliphatic heterocycles. The molecule has 2 amide bonds. The first kappa shape index (κ1) is 22.0. The van der Waals surface area contributed by atoms with Gasteiger partial charge in [-0.25, -0.2) is 13.9 Å². The van der Waals surface area contributed by atoms with Gasteiger partial charge in [-0.05, 0) is 44.2 Å². The molecule has 2 N–H and O–H groups in total. The molecule has 0 radical (unpaired) electrons. The molecule has 170 valence electrons. The van der Waals surface area contributed by atoms with Crippen LogP contribution in [0.4, 0.5) is 15.9 Å². The van der Waals surface area contributed by atoms with E-state index in [-0.39, 0.29) is 34.8 Å². The van der Waals surface area contributed by atoms with Gasteiger partial charge in [0.15, 0.2) is 11.5 Å². The average molecular weight is 450 g/mol. The van der Waals surface area contributed by atoms with E-state index < -0.39 is 11.7 Å². The van der Waals surface area contributed by atoms with Gasteiger partial charge in [0.25, 0.3) is 5.91 Å². The number of hydrogen-bond donors (Lipinski definition) is 2. The summed E-state index contributed by atoms with van der Waals surface area (Å²) in [5.74, 6) is -0.247. The maximum atomic E-state index is 14.3. The average Bonchev–Trinajstić information content (AvgIpc) is 3.56. The summed E-state index contributed by atoms with van der Waals surface area (Å²) >= 11 is 0. The van der Waals surface area contributed by atoms with E-state index in [0.29, 0.717) is 11.5 Å². The third kappa shape index (κ3) is 5.17. The van der Waals surface area contributed by atoms with Crippen molar-refractivity contribution in [1.29, 1.82) is 0 Å². The molecule has 1 aromatic carbocycles. The Morgan fingerprint density at radius 1 is 1.27 bits per heavy atom. The molecular weight excluding hydrogens is 427 g/mol. The molecule has 2 aromatic heterocycles. The molecule has 9 nitrogen and oxygen atoms in total. The van der Waals surface area contributed by atoms with Crippen molar-refractivity contribution in [2.24, 2.45) is 5.92 Å². The van der Waals surface area contributed by atoms with Crippen LogP contribution in [0, 0.1) is 11.7 Å². The number of nitrogens with one attached hydrogen (secondary N) is 2. The fourth-order valence-corrected chi connectivity index (χ4v) is 3.01. The molecule has 4 rings (SSSR count). The highest BCUT2D eigenvalue weighted by Gasteiger charge is 2.30. The van der Waals surface area contributed by atoms with E-state index in [2.05, 4.69) is 27.3 Å². The standard InChI is InChI=1S/C23H23FN6O3/c1-4-11-29(3)14(2)22(31)25-18-12-16(7-8-17(18)24)33-21-10-9-20-26-19(13-30(20)28-21)27-23(32)15-5-6-15/h4,7-13,15H,2,5-6H2,1,3H3,(H,25,31)(H,27,32)/b11-4-. The van der Waals surface area contributed by atoms with Crippen LogP contribution in [0.5, 0.6) is 11.6 Å². The number of imidazole rings is 1. The summed E-state index contributed by atoms with van der Waals surface area (Å²) in [5.41, 5.74) is 0.626. The van der Waals surface area contributed by atoms with Crippen LogP contribution < -0.4 is 15.4 Å². The lowest BCUT2D eigenvalue weighted by Gasteiger charge is -2.17. The quantitative estimate of drug-likeness (QED) is 0.505. The van der Waals surface area contributed by atoms with Crippen LogP contribution in [0.15, 0.2) is 61.1 Å². The van der Waals surface area contributed by atoms with Crippen LogP contribution in [0.25, 0.3) is 5.65 Å². The largest absolute Gasteiger partial charge is 0.438 e. The monoisotopic (exact) mass is 450 g/mol. The zero-order valence-electron chi connectivity index (χ0n) is 18.2. The van der Waals surface area contributed by atoms with Crippen molar-refractivity contribution in [3.05, 3.63) is 66.9 Å². The van der Waals surface area contributed by atoms with Crippen LogP contribution in [-0.4, -0.2) is 38.4 Å². The summed E-state index contributed by atoms with van der Waals surface area (Å²) in [7, 11) is 1.67. The fraction of sp³-hybridized carbons (Fsp3) is 0.217. The minimum atomic E-state index is -0.619. The summed E-state index contributed by atoms with van der Waals surface area (Å²) in [6.45, 7) is 5.52. The Morgan fingerprint density at radius 3 is 2.79 bits per heavy atom. The second-order valence-corrected chi connectivity index (χ2v) is 7.60. The van der Waals surface area contributed by atoms with Crippen LogP contribution in [0.2, 0.25) is 0 Å². The molecule has 10 heteroatoms. The number of carbonyl (C=O) groups is 2. The van der Waals surface area contributed by atoms with Crippen LogP contribution >= 0.6 is 0 Å². The lowest BCUT2D eigenvalue weighted by Crippen LogP contribution is -2.23. The molecule has 1 saturated carbocycles. The van der Waals surface area contributed by atoms with E-state index in [0.717, 1.165) is 12.8 Å². The number of benzene rings is 1. The van der Waals surface area contributed by atoms with Crippen molar-refractivity contribution in [2.75, 3.05) is 17.7 Å². The maximum Gasteiger partial charge on any atom is 0.271 e. The SMILES string of the molecule is C=C(C(=O)Nc1cc(Oc2ccc3nc(NC(=O)C4CC4)cn3n2)ccc1F)N(C)/C=C\C. The number of amides is 2. The zero-order chi connectivity index (χ0) is 23.5. The molecule has 0 bridgehead atoms. The predicted octanol–water partition coefficient (Wildman–Crippen LogP) is 3.93. The molecule has 33 heavy (non-hydrogen) atoms. The molecule has 1 fully saturated rings. The van der Waals surface area contributed by atoms with Crippen molar-refractivity contribution in [2.45, 2.75) is 19.8 Å². The number of ether oxygens (including phenoxy) is 1. The van der Waals surface area contributed by atoms with E-state index in [4.69, 9.17) is 4.74 Å². The molecule has 3 aromatic rings. The first-order chi connectivity index (χ1) is 15.8. The van der Waals surface area contributed by atoms with Gasteiger partial charge < -0.3 is 20.3 Å². The molecule has 0 unspecified atom stereocenters. The van der Waals surface area contributed by atoms with Crippen molar-refractivity contribution >= 4 is 29.0 Å². The first-order valence-corrected chi connectivity index (χ1v) is 10.3. The van der Waals surface area contributed by atoms with Gasteiger partial charge in [-0.3, -0.25) is 9.59 Å². The van der Waals surface area contributed by atoms with Crippen LogP contribution in [0.1, 0.15) is 19.8 Å². The van der Waals surface area contributed by atoms with E-state index in [1.54, 1.807) is 37.7 Å². The minimum absolute atomic E-state index is 0.0460. The van der Waals surface area contributed by atoms with Gasteiger partial charge in [0.2, 0.25) is 11.8 Å². The molecule has 0 spiro atoms. The number of hydrogen-bond acceptors (Lipinski definition) is 6. The third-order valence-electron chi connectivity index (χ3n) is 4.96. The number of allylic oxidation sites excluding steroid dienone is 1. The number of rotatable bonds is 8. The van der Waals surface area contributed by atoms with Gasteiger partial charge in [-0.2, -0.15) is 0 Å². The number of fused-ring (bicyclic) bond motifs is 1. The molecule has 0 atom stereocenters. The van der Waals surface area contributed by atoms with Gasteiger partial charge in [0.1, 0.15) is 11.6 Å². The Hall–Kier alpha value is -4.21. The Labute approximate surface area is 189 Å². The van der Waals surface area contributed by atoms with Gasteiger partial charge >= 0.3 is 0 Å². The summed E-state index contributed by atoms with van der Waals surface area (Å²) in [4.78, 5) is 30.1. The van der Waals surface area contributed by atoms with Gasteiger partial charge in [0, 0.05) is 25.1 Å². The topological polar surface area (TPSA) is 101 Å². The number of carbonyl (C=O) groups excluding carboxylic acids is 2. The fourth-order valence-electron chi connectivity index (χ4n) is 3.01. The number of halogens is 1. The molecule has 2 heterocycles. The number of anilines is 2.